The molecule has 0 aliphatic carbocycles. The first-order chi connectivity index (χ1) is 12.8. The molecule has 0 bridgehead atoms. The van der Waals surface area contributed by atoms with Crippen molar-refractivity contribution < 1.29 is 22.4 Å². The number of nitrogens with zero attached hydrogens (tertiary/aromatic N) is 2. The molecule has 0 aliphatic rings. The van der Waals surface area contributed by atoms with E-state index in [1.807, 2.05) is 13.8 Å². The molecule has 1 amide bonds. The second-order valence-corrected chi connectivity index (χ2v) is 6.22. The van der Waals surface area contributed by atoms with Crippen LogP contribution in [0.4, 0.5) is 22.6 Å². The van der Waals surface area contributed by atoms with Crippen molar-refractivity contribution in [2.45, 2.75) is 20.0 Å². The number of carbonyl (C=O) groups excluding carboxylic acids is 1. The van der Waals surface area contributed by atoms with Crippen molar-refractivity contribution in [3.8, 4) is 10.6 Å². The van der Waals surface area contributed by atoms with Crippen LogP contribution in [0.25, 0.3) is 10.6 Å². The van der Waals surface area contributed by atoms with Gasteiger partial charge in [-0.2, -0.15) is 18.3 Å². The third-order valence-corrected chi connectivity index (χ3v) is 4.41. The van der Waals surface area contributed by atoms with E-state index in [9.17, 15) is 22.4 Å². The Morgan fingerprint density at radius 1 is 1.15 bits per heavy atom. The van der Waals surface area contributed by atoms with Crippen molar-refractivity contribution >= 4 is 22.2 Å². The Balaban J connectivity index is 0.00000126. The van der Waals surface area contributed by atoms with Gasteiger partial charge < -0.3 is 5.32 Å². The highest BCUT2D eigenvalue weighted by Crippen LogP contribution is 2.35. The predicted molar refractivity (Wildman–Crippen MR) is 97.2 cm³/mol. The highest BCUT2D eigenvalue weighted by molar-refractivity contribution is 7.19. The first-order valence-electron chi connectivity index (χ1n) is 8.03. The van der Waals surface area contributed by atoms with Crippen LogP contribution in [0, 0.1) is 5.82 Å². The highest BCUT2D eigenvalue weighted by atomic mass is 32.1. The predicted octanol–water partition coefficient (Wildman–Crippen LogP) is 5.59. The SMILES string of the molecule is CC.Cn1nc(C(F)(F)F)cc1-c1ccc(NC(=O)c2ccccc2F)s1. The molecule has 3 rings (SSSR count). The molecule has 0 fully saturated rings. The summed E-state index contributed by atoms with van der Waals surface area (Å²) in [6.07, 6.45) is -4.53. The second kappa shape index (κ2) is 8.34. The molecule has 0 atom stereocenters. The van der Waals surface area contributed by atoms with Gasteiger partial charge in [-0.1, -0.05) is 26.0 Å². The Morgan fingerprint density at radius 3 is 2.41 bits per heavy atom. The number of carbonyl (C=O) groups is 1. The van der Waals surface area contributed by atoms with E-state index in [1.54, 1.807) is 12.1 Å². The van der Waals surface area contributed by atoms with E-state index in [4.69, 9.17) is 0 Å². The van der Waals surface area contributed by atoms with Crippen molar-refractivity contribution in [2.75, 3.05) is 5.32 Å². The van der Waals surface area contributed by atoms with Crippen LogP contribution in [0.3, 0.4) is 0 Å². The molecule has 9 heteroatoms. The monoisotopic (exact) mass is 399 g/mol. The Labute approximate surface area is 157 Å². The first-order valence-corrected chi connectivity index (χ1v) is 8.84. The maximum absolute atomic E-state index is 13.6. The quantitative estimate of drug-likeness (QED) is 0.584. The number of alkyl halides is 3. The topological polar surface area (TPSA) is 46.9 Å². The van der Waals surface area contributed by atoms with Crippen LogP contribution in [-0.2, 0) is 13.2 Å². The number of anilines is 1. The summed E-state index contributed by atoms with van der Waals surface area (Å²) in [4.78, 5) is 12.6. The van der Waals surface area contributed by atoms with Gasteiger partial charge in [-0.15, -0.1) is 11.3 Å². The Kier molecular flexibility index (Phi) is 6.37. The van der Waals surface area contributed by atoms with E-state index in [-0.39, 0.29) is 11.3 Å². The largest absolute Gasteiger partial charge is 0.435 e. The molecule has 0 unspecified atom stereocenters. The number of aryl methyl sites for hydroxylation is 1. The molecular weight excluding hydrogens is 382 g/mol. The normalized spacial score (nSPS) is 10.9. The molecule has 0 saturated carbocycles. The van der Waals surface area contributed by atoms with Crippen LogP contribution >= 0.6 is 11.3 Å². The maximum atomic E-state index is 13.6. The van der Waals surface area contributed by atoms with Gasteiger partial charge in [0, 0.05) is 7.05 Å². The smallest absolute Gasteiger partial charge is 0.313 e. The summed E-state index contributed by atoms with van der Waals surface area (Å²) >= 11 is 1.07. The summed E-state index contributed by atoms with van der Waals surface area (Å²) in [5, 5.41) is 6.37. The third-order valence-electron chi connectivity index (χ3n) is 3.38. The minimum Gasteiger partial charge on any atom is -0.313 e. The van der Waals surface area contributed by atoms with Crippen LogP contribution in [0.1, 0.15) is 29.9 Å². The number of amides is 1. The Morgan fingerprint density at radius 2 is 1.81 bits per heavy atom. The molecule has 4 nitrogen and oxygen atoms in total. The molecule has 144 valence electrons. The number of hydrogen-bond acceptors (Lipinski definition) is 3. The van der Waals surface area contributed by atoms with Crippen molar-refractivity contribution in [1.29, 1.82) is 0 Å². The van der Waals surface area contributed by atoms with Gasteiger partial charge in [0.2, 0.25) is 0 Å². The maximum Gasteiger partial charge on any atom is 0.435 e. The van der Waals surface area contributed by atoms with E-state index in [0.717, 1.165) is 22.1 Å². The lowest BCUT2D eigenvalue weighted by Crippen LogP contribution is -2.12. The molecule has 1 N–H and O–H groups in total. The number of hydrogen-bond donors (Lipinski definition) is 1. The van der Waals surface area contributed by atoms with E-state index < -0.39 is 23.6 Å². The number of aromatic nitrogens is 2. The summed E-state index contributed by atoms with van der Waals surface area (Å²) < 4.78 is 52.9. The van der Waals surface area contributed by atoms with Crippen molar-refractivity contribution in [3.05, 3.63) is 59.5 Å². The van der Waals surface area contributed by atoms with Crippen LogP contribution in [0.5, 0.6) is 0 Å². The Bertz CT molecular complexity index is 931. The number of benzene rings is 1. The molecule has 0 spiro atoms. The minimum absolute atomic E-state index is 0.114. The molecule has 2 heterocycles. The number of halogens is 4. The number of rotatable bonds is 3. The summed E-state index contributed by atoms with van der Waals surface area (Å²) in [5.41, 5.74) is -0.837. The number of nitrogens with one attached hydrogen (secondary N) is 1. The van der Waals surface area contributed by atoms with Crippen LogP contribution in [-0.4, -0.2) is 15.7 Å². The zero-order valence-electron chi connectivity index (χ0n) is 14.8. The number of thiophene rings is 1. The van der Waals surface area contributed by atoms with Crippen LogP contribution in [0.2, 0.25) is 0 Å². The zero-order chi connectivity index (χ0) is 20.2. The van der Waals surface area contributed by atoms with Gasteiger partial charge >= 0.3 is 6.18 Å². The summed E-state index contributed by atoms with van der Waals surface area (Å²) in [5.74, 6) is -1.29. The molecule has 2 aromatic heterocycles. The van der Waals surface area contributed by atoms with E-state index in [2.05, 4.69) is 10.4 Å². The Hall–Kier alpha value is -2.68. The van der Waals surface area contributed by atoms with Crippen molar-refractivity contribution in [3.63, 3.8) is 0 Å². The van der Waals surface area contributed by atoms with Gasteiger partial charge in [0.15, 0.2) is 5.69 Å². The summed E-state index contributed by atoms with van der Waals surface area (Å²) in [7, 11) is 1.40. The molecule has 3 aromatic rings. The summed E-state index contributed by atoms with van der Waals surface area (Å²) in [6, 6.07) is 9.56. The standard InChI is InChI=1S/C16H11F4N3OS.C2H6/c1-23-11(8-13(22-23)16(18,19)20)12-6-7-14(25-12)21-15(24)9-4-2-3-5-10(9)17;1-2/h2-8H,1H3,(H,21,24);1-2H3. The van der Waals surface area contributed by atoms with Gasteiger partial charge in [0.1, 0.15) is 5.82 Å². The van der Waals surface area contributed by atoms with Gasteiger partial charge in [-0.25, -0.2) is 4.39 Å². The summed E-state index contributed by atoms with van der Waals surface area (Å²) in [6.45, 7) is 4.00. The third kappa shape index (κ3) is 4.73. The van der Waals surface area contributed by atoms with Crippen molar-refractivity contribution in [2.24, 2.45) is 7.05 Å². The molecule has 0 aliphatic heterocycles. The molecule has 0 radical (unpaired) electrons. The van der Waals surface area contributed by atoms with E-state index in [0.29, 0.717) is 9.88 Å². The fourth-order valence-electron chi connectivity index (χ4n) is 2.20. The van der Waals surface area contributed by atoms with Gasteiger partial charge in [0.05, 0.1) is 21.1 Å². The molecular formula is C18H17F4N3OS. The lowest BCUT2D eigenvalue weighted by Gasteiger charge is -2.03. The van der Waals surface area contributed by atoms with Crippen LogP contribution < -0.4 is 5.32 Å². The zero-order valence-corrected chi connectivity index (χ0v) is 15.6. The van der Waals surface area contributed by atoms with Gasteiger partial charge in [0.25, 0.3) is 5.91 Å². The average molecular weight is 399 g/mol. The minimum atomic E-state index is -4.53. The lowest BCUT2D eigenvalue weighted by atomic mass is 10.2. The lowest BCUT2D eigenvalue weighted by molar-refractivity contribution is -0.141. The fourth-order valence-corrected chi connectivity index (χ4v) is 3.15. The molecule has 0 saturated heterocycles. The van der Waals surface area contributed by atoms with E-state index >= 15 is 0 Å². The van der Waals surface area contributed by atoms with Gasteiger partial charge in [-0.05, 0) is 30.3 Å². The second-order valence-electron chi connectivity index (χ2n) is 5.13. The van der Waals surface area contributed by atoms with E-state index in [1.165, 1.54) is 31.3 Å². The van der Waals surface area contributed by atoms with Crippen LogP contribution in [0.15, 0.2) is 42.5 Å². The molecule has 27 heavy (non-hydrogen) atoms. The van der Waals surface area contributed by atoms with Gasteiger partial charge in [-0.3, -0.25) is 9.48 Å². The first kappa shape index (κ1) is 20.6. The average Bonchev–Trinajstić information content (AvgIpc) is 3.23. The highest BCUT2D eigenvalue weighted by Gasteiger charge is 2.34. The fraction of sp³-hybridized carbons (Fsp3) is 0.222. The molecule has 1 aromatic carbocycles. The van der Waals surface area contributed by atoms with Crippen molar-refractivity contribution in [1.82, 2.24) is 9.78 Å².